The molecule has 0 saturated heterocycles. The number of ether oxygens (including phenoxy) is 3. The lowest BCUT2D eigenvalue weighted by Gasteiger charge is -2.13. The highest BCUT2D eigenvalue weighted by molar-refractivity contribution is 9.10. The van der Waals surface area contributed by atoms with Gasteiger partial charge in [0.05, 0.1) is 19.8 Å². The number of benzene rings is 1. The average molecular weight is 388 g/mol. The zero-order valence-electron chi connectivity index (χ0n) is 13.8. The molecule has 0 aliphatic heterocycles. The molecule has 0 aliphatic rings. The average Bonchev–Trinajstić information content (AvgIpc) is 2.52. The maximum Gasteiger partial charge on any atom is 0.338 e. The molecule has 0 radical (unpaired) electrons. The van der Waals surface area contributed by atoms with Crippen LogP contribution in [0.2, 0.25) is 0 Å². The molecular formula is C16H22BrNO5. The summed E-state index contributed by atoms with van der Waals surface area (Å²) in [6, 6.07) is 3.10. The first-order chi connectivity index (χ1) is 10.9. The Kier molecular flexibility index (Phi) is 7.88. The van der Waals surface area contributed by atoms with Crippen molar-refractivity contribution < 1.29 is 23.8 Å². The number of halogens is 1. The van der Waals surface area contributed by atoms with E-state index in [4.69, 9.17) is 14.2 Å². The van der Waals surface area contributed by atoms with E-state index in [-0.39, 0.29) is 24.1 Å². The number of esters is 1. The molecule has 0 spiro atoms. The second-order valence-electron chi connectivity index (χ2n) is 5.03. The van der Waals surface area contributed by atoms with Crippen molar-refractivity contribution >= 4 is 27.8 Å². The topological polar surface area (TPSA) is 73.9 Å². The Labute approximate surface area is 144 Å². The fraction of sp³-hybridized carbons (Fsp3) is 0.500. The lowest BCUT2D eigenvalue weighted by molar-refractivity contribution is -0.124. The molecule has 23 heavy (non-hydrogen) atoms. The van der Waals surface area contributed by atoms with Crippen LogP contribution in [0.1, 0.15) is 37.0 Å². The highest BCUT2D eigenvalue weighted by Gasteiger charge is 2.17. The third kappa shape index (κ3) is 5.74. The number of carbonyl (C=O) groups is 2. The summed E-state index contributed by atoms with van der Waals surface area (Å²) in [6.45, 7) is 3.62. The van der Waals surface area contributed by atoms with Crippen LogP contribution in [0.5, 0.6) is 11.5 Å². The molecule has 1 aromatic rings. The van der Waals surface area contributed by atoms with Gasteiger partial charge in [0.1, 0.15) is 16.0 Å². The van der Waals surface area contributed by atoms with E-state index in [1.807, 2.05) is 13.8 Å². The van der Waals surface area contributed by atoms with Crippen molar-refractivity contribution in [3.63, 3.8) is 0 Å². The first-order valence-electron chi connectivity index (χ1n) is 7.30. The van der Waals surface area contributed by atoms with Gasteiger partial charge in [-0.1, -0.05) is 13.3 Å². The van der Waals surface area contributed by atoms with Crippen LogP contribution in [-0.2, 0) is 9.53 Å². The zero-order valence-corrected chi connectivity index (χ0v) is 15.4. The van der Waals surface area contributed by atoms with Crippen LogP contribution < -0.4 is 14.8 Å². The van der Waals surface area contributed by atoms with E-state index in [9.17, 15) is 9.59 Å². The minimum atomic E-state index is -0.618. The number of rotatable bonds is 8. The van der Waals surface area contributed by atoms with E-state index < -0.39 is 5.97 Å². The number of hydrogen-bond donors (Lipinski definition) is 1. The highest BCUT2D eigenvalue weighted by Crippen LogP contribution is 2.35. The molecule has 128 valence electrons. The summed E-state index contributed by atoms with van der Waals surface area (Å²) in [4.78, 5) is 23.8. The summed E-state index contributed by atoms with van der Waals surface area (Å²) in [5, 5.41) is 2.77. The molecule has 0 bridgehead atoms. The molecule has 0 fully saturated rings. The fourth-order valence-electron chi connectivity index (χ4n) is 2.02. The Balaban J connectivity index is 2.70. The van der Waals surface area contributed by atoms with Gasteiger partial charge in [-0.05, 0) is 41.4 Å². The van der Waals surface area contributed by atoms with Crippen LogP contribution in [0.3, 0.4) is 0 Å². The van der Waals surface area contributed by atoms with Gasteiger partial charge in [0.25, 0.3) is 5.91 Å². The van der Waals surface area contributed by atoms with Gasteiger partial charge in [0.15, 0.2) is 6.61 Å². The maximum absolute atomic E-state index is 12.1. The summed E-state index contributed by atoms with van der Waals surface area (Å²) in [6.07, 6.45) is 1.85. The Bertz CT molecular complexity index is 536. The van der Waals surface area contributed by atoms with Gasteiger partial charge in [-0.15, -0.1) is 0 Å². The number of nitrogens with one attached hydrogen (secondary N) is 1. The van der Waals surface area contributed by atoms with E-state index in [0.29, 0.717) is 16.0 Å². The largest absolute Gasteiger partial charge is 0.495 e. The third-order valence-corrected chi connectivity index (χ3v) is 3.93. The van der Waals surface area contributed by atoms with E-state index >= 15 is 0 Å². The Morgan fingerprint density at radius 3 is 2.26 bits per heavy atom. The molecule has 6 nitrogen and oxygen atoms in total. The van der Waals surface area contributed by atoms with Gasteiger partial charge in [0.2, 0.25) is 0 Å². The molecule has 0 saturated carbocycles. The van der Waals surface area contributed by atoms with Crippen LogP contribution in [-0.4, -0.2) is 38.7 Å². The smallest absolute Gasteiger partial charge is 0.338 e. The van der Waals surface area contributed by atoms with Gasteiger partial charge in [-0.25, -0.2) is 4.79 Å². The summed E-state index contributed by atoms with van der Waals surface area (Å²) in [5.41, 5.74) is 0.247. The van der Waals surface area contributed by atoms with Crippen molar-refractivity contribution in [2.75, 3.05) is 20.8 Å². The van der Waals surface area contributed by atoms with E-state index in [2.05, 4.69) is 21.2 Å². The monoisotopic (exact) mass is 387 g/mol. The highest BCUT2D eigenvalue weighted by atomic mass is 79.9. The number of carbonyl (C=O) groups excluding carboxylic acids is 2. The number of amides is 1. The molecule has 0 aromatic heterocycles. The third-order valence-electron chi connectivity index (χ3n) is 3.14. The van der Waals surface area contributed by atoms with Crippen molar-refractivity contribution in [2.24, 2.45) is 0 Å². The maximum atomic E-state index is 12.1. The molecule has 1 rings (SSSR count). The summed E-state index contributed by atoms with van der Waals surface area (Å²) in [7, 11) is 2.97. The van der Waals surface area contributed by atoms with Crippen molar-refractivity contribution in [2.45, 2.75) is 32.7 Å². The van der Waals surface area contributed by atoms with Crippen LogP contribution in [0.4, 0.5) is 0 Å². The molecule has 0 unspecified atom stereocenters. The van der Waals surface area contributed by atoms with Crippen LogP contribution in [0.15, 0.2) is 16.6 Å². The number of methoxy groups -OCH3 is 2. The van der Waals surface area contributed by atoms with Gasteiger partial charge in [-0.3, -0.25) is 4.79 Å². The van der Waals surface area contributed by atoms with Crippen molar-refractivity contribution in [1.29, 1.82) is 0 Å². The van der Waals surface area contributed by atoms with Crippen molar-refractivity contribution in [1.82, 2.24) is 5.32 Å². The molecule has 1 N–H and O–H groups in total. The standard InChI is InChI=1S/C16H22BrNO5/c1-5-6-10(2)18-14(19)9-23-16(20)11-7-12(21-3)15(17)13(8-11)22-4/h7-8,10H,5-6,9H2,1-4H3,(H,18,19)/t10-/m1/s1. The SMILES string of the molecule is CCC[C@@H](C)NC(=O)COC(=O)c1cc(OC)c(Br)c(OC)c1. The predicted octanol–water partition coefficient (Wildman–Crippen LogP) is 2.93. The summed E-state index contributed by atoms with van der Waals surface area (Å²) < 4.78 is 16.0. The van der Waals surface area contributed by atoms with E-state index in [1.165, 1.54) is 26.4 Å². The van der Waals surface area contributed by atoms with Crippen LogP contribution in [0, 0.1) is 0 Å². The van der Waals surface area contributed by atoms with Gasteiger partial charge < -0.3 is 19.5 Å². The zero-order chi connectivity index (χ0) is 17.4. The van der Waals surface area contributed by atoms with Gasteiger partial charge >= 0.3 is 5.97 Å². The van der Waals surface area contributed by atoms with Crippen LogP contribution in [0.25, 0.3) is 0 Å². The first kappa shape index (κ1) is 19.3. The quantitative estimate of drug-likeness (QED) is 0.694. The van der Waals surface area contributed by atoms with Gasteiger partial charge in [0, 0.05) is 6.04 Å². The second-order valence-corrected chi connectivity index (χ2v) is 5.82. The summed E-state index contributed by atoms with van der Waals surface area (Å²) >= 11 is 3.32. The fourth-order valence-corrected chi connectivity index (χ4v) is 2.58. The minimum Gasteiger partial charge on any atom is -0.495 e. The minimum absolute atomic E-state index is 0.0547. The molecule has 1 aromatic carbocycles. The lowest BCUT2D eigenvalue weighted by atomic mass is 10.2. The molecule has 1 amide bonds. The van der Waals surface area contributed by atoms with E-state index in [1.54, 1.807) is 0 Å². The Morgan fingerprint density at radius 1 is 1.22 bits per heavy atom. The Morgan fingerprint density at radius 2 is 1.78 bits per heavy atom. The molecule has 0 heterocycles. The van der Waals surface area contributed by atoms with Crippen molar-refractivity contribution in [3.8, 4) is 11.5 Å². The van der Waals surface area contributed by atoms with Crippen LogP contribution >= 0.6 is 15.9 Å². The molecule has 7 heteroatoms. The molecule has 0 aliphatic carbocycles. The van der Waals surface area contributed by atoms with Crippen molar-refractivity contribution in [3.05, 3.63) is 22.2 Å². The summed E-state index contributed by atoms with van der Waals surface area (Å²) in [5.74, 6) is -0.0580. The predicted molar refractivity (Wildman–Crippen MR) is 90.0 cm³/mol. The second kappa shape index (κ2) is 9.39. The number of hydrogen-bond acceptors (Lipinski definition) is 5. The van der Waals surface area contributed by atoms with E-state index in [0.717, 1.165) is 12.8 Å². The normalized spacial score (nSPS) is 11.5. The molecule has 1 atom stereocenters. The molecular weight excluding hydrogens is 366 g/mol. The first-order valence-corrected chi connectivity index (χ1v) is 8.10. The lowest BCUT2D eigenvalue weighted by Crippen LogP contribution is -2.35. The van der Waals surface area contributed by atoms with Gasteiger partial charge in [-0.2, -0.15) is 0 Å². The Hall–Kier alpha value is -1.76.